The van der Waals surface area contributed by atoms with Crippen LogP contribution in [0.15, 0.2) is 0 Å². The molecule has 4 heteroatoms. The van der Waals surface area contributed by atoms with E-state index in [1.54, 1.807) is 4.90 Å². The van der Waals surface area contributed by atoms with E-state index in [1.165, 1.54) is 32.1 Å². The van der Waals surface area contributed by atoms with Crippen LogP contribution in [-0.2, 0) is 14.3 Å². The Labute approximate surface area is 116 Å². The quantitative estimate of drug-likeness (QED) is 0.452. The summed E-state index contributed by atoms with van der Waals surface area (Å²) in [6.45, 7) is 3.54. The smallest absolute Gasteiger partial charge is 0.325 e. The Bertz CT molecular complexity index is 279. The van der Waals surface area contributed by atoms with Crippen molar-refractivity contribution in [2.24, 2.45) is 0 Å². The zero-order chi connectivity index (χ0) is 13.9. The van der Waals surface area contributed by atoms with Crippen molar-refractivity contribution < 1.29 is 14.3 Å². The molecule has 0 radical (unpaired) electrons. The van der Waals surface area contributed by atoms with Gasteiger partial charge in [-0.25, -0.2) is 0 Å². The van der Waals surface area contributed by atoms with Gasteiger partial charge in [0.1, 0.15) is 6.54 Å². The fraction of sp³-hybridized carbons (Fsp3) is 0.867. The fourth-order valence-corrected chi connectivity index (χ4v) is 2.32. The second-order valence-electron chi connectivity index (χ2n) is 5.26. The van der Waals surface area contributed by atoms with E-state index < -0.39 is 0 Å². The normalized spacial score (nSPS) is 15.0. The predicted octanol–water partition coefficient (Wildman–Crippen LogP) is 2.90. The minimum absolute atomic E-state index is 0.0767. The van der Waals surface area contributed by atoms with Crippen molar-refractivity contribution in [3.05, 3.63) is 0 Å². The van der Waals surface area contributed by atoms with Crippen LogP contribution in [0.25, 0.3) is 0 Å². The standard InChI is InChI=1S/C15H27NO3/c1-2-3-4-5-6-7-8-12-19-15(18)13-16-11-9-10-14(16)17/h2-13H2,1H3. The Kier molecular flexibility index (Phi) is 8.26. The van der Waals surface area contributed by atoms with Gasteiger partial charge in [-0.05, 0) is 12.8 Å². The van der Waals surface area contributed by atoms with Gasteiger partial charge in [0, 0.05) is 13.0 Å². The van der Waals surface area contributed by atoms with Gasteiger partial charge in [-0.3, -0.25) is 9.59 Å². The number of hydrogen-bond acceptors (Lipinski definition) is 3. The molecule has 0 saturated carbocycles. The van der Waals surface area contributed by atoms with Crippen molar-refractivity contribution in [1.82, 2.24) is 4.90 Å². The van der Waals surface area contributed by atoms with E-state index in [1.807, 2.05) is 0 Å². The molecule has 0 aromatic heterocycles. The third-order valence-corrected chi connectivity index (χ3v) is 3.50. The van der Waals surface area contributed by atoms with E-state index in [4.69, 9.17) is 4.74 Å². The molecule has 0 atom stereocenters. The summed E-state index contributed by atoms with van der Waals surface area (Å²) < 4.78 is 5.15. The zero-order valence-corrected chi connectivity index (χ0v) is 12.2. The van der Waals surface area contributed by atoms with Gasteiger partial charge in [0.25, 0.3) is 0 Å². The van der Waals surface area contributed by atoms with Crippen molar-refractivity contribution >= 4 is 11.9 Å². The lowest BCUT2D eigenvalue weighted by Gasteiger charge is -2.14. The number of unbranched alkanes of at least 4 members (excludes halogenated alkanes) is 6. The molecule has 0 unspecified atom stereocenters. The number of hydrogen-bond donors (Lipinski definition) is 0. The summed E-state index contributed by atoms with van der Waals surface area (Å²) in [5, 5.41) is 0. The first-order chi connectivity index (χ1) is 9.24. The molecule has 4 nitrogen and oxygen atoms in total. The number of ether oxygens (including phenoxy) is 1. The monoisotopic (exact) mass is 269 g/mol. The molecule has 19 heavy (non-hydrogen) atoms. The van der Waals surface area contributed by atoms with Gasteiger partial charge in [-0.2, -0.15) is 0 Å². The van der Waals surface area contributed by atoms with Crippen molar-refractivity contribution in [2.75, 3.05) is 19.7 Å². The Morgan fingerprint density at radius 3 is 2.47 bits per heavy atom. The largest absolute Gasteiger partial charge is 0.464 e. The van der Waals surface area contributed by atoms with Gasteiger partial charge in [0.05, 0.1) is 6.61 Å². The number of likely N-dealkylation sites (tertiary alicyclic amines) is 1. The first-order valence-corrected chi connectivity index (χ1v) is 7.67. The van der Waals surface area contributed by atoms with E-state index in [2.05, 4.69) is 6.92 Å². The second-order valence-corrected chi connectivity index (χ2v) is 5.26. The van der Waals surface area contributed by atoms with Crippen LogP contribution in [0, 0.1) is 0 Å². The molecule has 110 valence electrons. The molecule has 1 aliphatic rings. The molecule has 1 amide bonds. The molecule has 0 N–H and O–H groups in total. The molecule has 0 spiro atoms. The lowest BCUT2D eigenvalue weighted by atomic mass is 10.1. The van der Waals surface area contributed by atoms with Crippen LogP contribution in [-0.4, -0.2) is 36.5 Å². The molecule has 1 aliphatic heterocycles. The van der Waals surface area contributed by atoms with E-state index in [9.17, 15) is 9.59 Å². The third kappa shape index (κ3) is 7.19. The average molecular weight is 269 g/mol. The predicted molar refractivity (Wildman–Crippen MR) is 74.8 cm³/mol. The van der Waals surface area contributed by atoms with Crippen molar-refractivity contribution in [1.29, 1.82) is 0 Å². The number of esters is 1. The molecule has 1 heterocycles. The van der Waals surface area contributed by atoms with Crippen LogP contribution < -0.4 is 0 Å². The highest BCUT2D eigenvalue weighted by Gasteiger charge is 2.22. The van der Waals surface area contributed by atoms with Crippen molar-refractivity contribution in [2.45, 2.75) is 64.7 Å². The summed E-state index contributed by atoms with van der Waals surface area (Å²) in [4.78, 5) is 24.4. The molecule has 0 aromatic rings. The van der Waals surface area contributed by atoms with E-state index >= 15 is 0 Å². The van der Waals surface area contributed by atoms with Crippen LogP contribution >= 0.6 is 0 Å². The molecule has 0 bridgehead atoms. The summed E-state index contributed by atoms with van der Waals surface area (Å²) >= 11 is 0. The van der Waals surface area contributed by atoms with Crippen LogP contribution in [0.5, 0.6) is 0 Å². The van der Waals surface area contributed by atoms with Crippen LogP contribution in [0.4, 0.5) is 0 Å². The van der Waals surface area contributed by atoms with Crippen molar-refractivity contribution in [3.63, 3.8) is 0 Å². The maximum absolute atomic E-state index is 11.5. The van der Waals surface area contributed by atoms with Gasteiger partial charge in [-0.1, -0.05) is 45.4 Å². The zero-order valence-electron chi connectivity index (χ0n) is 12.2. The van der Waals surface area contributed by atoms with Crippen molar-refractivity contribution in [3.8, 4) is 0 Å². The molecular weight excluding hydrogens is 242 g/mol. The number of carbonyl (C=O) groups excluding carboxylic acids is 2. The first-order valence-electron chi connectivity index (χ1n) is 7.67. The Morgan fingerprint density at radius 2 is 1.84 bits per heavy atom. The maximum Gasteiger partial charge on any atom is 0.325 e. The third-order valence-electron chi connectivity index (χ3n) is 3.50. The average Bonchev–Trinajstić information content (AvgIpc) is 2.78. The maximum atomic E-state index is 11.5. The first kappa shape index (κ1) is 16.0. The topological polar surface area (TPSA) is 46.6 Å². The number of amides is 1. The lowest BCUT2D eigenvalue weighted by molar-refractivity contribution is -0.148. The lowest BCUT2D eigenvalue weighted by Crippen LogP contribution is -2.31. The number of nitrogens with zero attached hydrogens (tertiary/aromatic N) is 1. The minimum atomic E-state index is -0.263. The molecule has 0 aromatic carbocycles. The van der Waals surface area contributed by atoms with E-state index in [0.29, 0.717) is 19.6 Å². The number of rotatable bonds is 10. The van der Waals surface area contributed by atoms with Gasteiger partial charge >= 0.3 is 5.97 Å². The SMILES string of the molecule is CCCCCCCCCOC(=O)CN1CCCC1=O. The molecule has 1 fully saturated rings. The summed E-state index contributed by atoms with van der Waals surface area (Å²) in [5.74, 6) is -0.186. The highest BCUT2D eigenvalue weighted by Crippen LogP contribution is 2.09. The molecule has 0 aliphatic carbocycles. The Hall–Kier alpha value is -1.06. The van der Waals surface area contributed by atoms with Crippen LogP contribution in [0.2, 0.25) is 0 Å². The minimum Gasteiger partial charge on any atom is -0.464 e. The van der Waals surface area contributed by atoms with Crippen LogP contribution in [0.3, 0.4) is 0 Å². The van der Waals surface area contributed by atoms with Gasteiger partial charge in [0.15, 0.2) is 0 Å². The van der Waals surface area contributed by atoms with Gasteiger partial charge < -0.3 is 9.64 Å². The van der Waals surface area contributed by atoms with Crippen LogP contribution in [0.1, 0.15) is 64.7 Å². The van der Waals surface area contributed by atoms with E-state index in [0.717, 1.165) is 19.3 Å². The van der Waals surface area contributed by atoms with Gasteiger partial charge in [0.2, 0.25) is 5.91 Å². The highest BCUT2D eigenvalue weighted by atomic mass is 16.5. The molecule has 1 rings (SSSR count). The molecular formula is C15H27NO3. The van der Waals surface area contributed by atoms with E-state index in [-0.39, 0.29) is 18.4 Å². The summed E-state index contributed by atoms with van der Waals surface area (Å²) in [6.07, 6.45) is 9.91. The van der Waals surface area contributed by atoms with Gasteiger partial charge in [-0.15, -0.1) is 0 Å². The molecule has 1 saturated heterocycles. The number of carbonyl (C=O) groups is 2. The summed E-state index contributed by atoms with van der Waals surface area (Å²) in [5.41, 5.74) is 0. The fourth-order valence-electron chi connectivity index (χ4n) is 2.32. The second kappa shape index (κ2) is 9.82. The highest BCUT2D eigenvalue weighted by molar-refractivity contribution is 5.83. The Morgan fingerprint density at radius 1 is 1.16 bits per heavy atom. The summed E-state index contributed by atoms with van der Waals surface area (Å²) in [6, 6.07) is 0. The summed E-state index contributed by atoms with van der Waals surface area (Å²) in [7, 11) is 0. The Balaban J connectivity index is 1.91.